The smallest absolute Gasteiger partial charge is 0.241 e. The monoisotopic (exact) mass is 561 g/mol. The van der Waals surface area contributed by atoms with Crippen molar-refractivity contribution >= 4 is 50.7 Å². The first-order valence-corrected chi connectivity index (χ1v) is 13.8. The van der Waals surface area contributed by atoms with E-state index in [1.165, 1.54) is 0 Å². The van der Waals surface area contributed by atoms with Crippen LogP contribution in [0.15, 0.2) is 97.3 Å². The lowest BCUT2D eigenvalue weighted by Gasteiger charge is -2.19. The third kappa shape index (κ3) is 5.93. The van der Waals surface area contributed by atoms with Crippen LogP contribution in [0.1, 0.15) is 25.3 Å². The van der Waals surface area contributed by atoms with E-state index in [0.717, 1.165) is 16.5 Å². The fourth-order valence-corrected chi connectivity index (χ4v) is 5.13. The molecule has 0 aliphatic carbocycles. The molecule has 3 aromatic carbocycles. The fraction of sp³-hybridized carbons (Fsp3) is 0.212. The molecule has 2 amide bonds. The third-order valence-corrected chi connectivity index (χ3v) is 7.15. The summed E-state index contributed by atoms with van der Waals surface area (Å²) in [6.07, 6.45) is 3.27. The molecular weight excluding hydrogens is 530 g/mol. The average molecular weight is 562 g/mol. The van der Waals surface area contributed by atoms with Crippen LogP contribution in [0.2, 0.25) is 0 Å². The number of fused-ring (bicyclic) bond motifs is 2. The van der Waals surface area contributed by atoms with Gasteiger partial charge in [-0.3, -0.25) is 19.6 Å². The van der Waals surface area contributed by atoms with Gasteiger partial charge in [-0.1, -0.05) is 48.5 Å². The fourth-order valence-electron chi connectivity index (χ4n) is 5.13. The number of rotatable bonds is 8. The van der Waals surface area contributed by atoms with Crippen LogP contribution in [0.5, 0.6) is 0 Å². The van der Waals surface area contributed by atoms with Gasteiger partial charge in [-0.25, -0.2) is 0 Å². The molecule has 3 heterocycles. The first kappa shape index (κ1) is 27.3. The van der Waals surface area contributed by atoms with Crippen LogP contribution in [0, 0.1) is 0 Å². The minimum Gasteiger partial charge on any atom is -0.382 e. The van der Waals surface area contributed by atoms with Gasteiger partial charge >= 0.3 is 0 Å². The van der Waals surface area contributed by atoms with Gasteiger partial charge in [0.25, 0.3) is 0 Å². The van der Waals surface area contributed by atoms with Gasteiger partial charge in [0.15, 0.2) is 5.79 Å². The second-order valence-electron chi connectivity index (χ2n) is 10.6. The predicted octanol–water partition coefficient (Wildman–Crippen LogP) is 5.71. The average Bonchev–Trinajstić information content (AvgIpc) is 3.35. The number of carbonyl (C=O) groups is 2. The lowest BCUT2D eigenvalue weighted by molar-refractivity contribution is -0.136. The number of amides is 2. The van der Waals surface area contributed by atoms with Gasteiger partial charge in [0.2, 0.25) is 11.8 Å². The molecule has 1 unspecified atom stereocenters. The van der Waals surface area contributed by atoms with Gasteiger partial charge in [0.1, 0.15) is 12.0 Å². The Morgan fingerprint density at radius 2 is 1.36 bits per heavy atom. The summed E-state index contributed by atoms with van der Waals surface area (Å²) in [5, 5.41) is 11.0. The van der Waals surface area contributed by atoms with Gasteiger partial charge < -0.3 is 25.4 Å². The Labute approximate surface area is 243 Å². The summed E-state index contributed by atoms with van der Waals surface area (Å²) >= 11 is 0. The number of anilines is 3. The molecule has 0 saturated carbocycles. The van der Waals surface area contributed by atoms with E-state index in [-0.39, 0.29) is 6.10 Å². The van der Waals surface area contributed by atoms with Crippen molar-refractivity contribution in [2.24, 2.45) is 0 Å². The molecule has 212 valence electrons. The van der Waals surface area contributed by atoms with Crippen molar-refractivity contribution in [3.8, 4) is 0 Å². The Bertz CT molecular complexity index is 1650. The number of pyridine rings is 2. The van der Waals surface area contributed by atoms with Crippen molar-refractivity contribution in [1.82, 2.24) is 9.97 Å². The van der Waals surface area contributed by atoms with Crippen molar-refractivity contribution in [3.05, 3.63) is 103 Å². The highest BCUT2D eigenvalue weighted by Gasteiger charge is 2.33. The highest BCUT2D eigenvalue weighted by Crippen LogP contribution is 2.28. The Kier molecular flexibility index (Phi) is 7.52. The minimum atomic E-state index is -1.15. The van der Waals surface area contributed by atoms with Crippen LogP contribution in [-0.4, -0.2) is 46.8 Å². The summed E-state index contributed by atoms with van der Waals surface area (Å²) in [6.45, 7) is 4.85. The third-order valence-electron chi connectivity index (χ3n) is 7.15. The highest BCUT2D eigenvalue weighted by atomic mass is 16.7. The number of hydrogen-bond donors (Lipinski definition) is 3. The van der Waals surface area contributed by atoms with Crippen molar-refractivity contribution in [2.75, 3.05) is 29.1 Å². The predicted molar refractivity (Wildman–Crippen MR) is 163 cm³/mol. The van der Waals surface area contributed by atoms with Crippen LogP contribution < -0.4 is 16.0 Å². The molecule has 42 heavy (non-hydrogen) atoms. The molecule has 2 aromatic heterocycles. The van der Waals surface area contributed by atoms with Gasteiger partial charge in [-0.05, 0) is 55.8 Å². The van der Waals surface area contributed by atoms with E-state index in [1.807, 2.05) is 74.5 Å². The summed E-state index contributed by atoms with van der Waals surface area (Å²) in [4.78, 5) is 36.5. The maximum absolute atomic E-state index is 13.8. The molecule has 5 aromatic rings. The zero-order chi connectivity index (χ0) is 29.1. The number of ether oxygens (including phenoxy) is 2. The Morgan fingerprint density at radius 1 is 0.810 bits per heavy atom. The summed E-state index contributed by atoms with van der Waals surface area (Å²) in [6, 6.07) is 25.9. The second-order valence-corrected chi connectivity index (χ2v) is 10.6. The summed E-state index contributed by atoms with van der Waals surface area (Å²) in [5.74, 6) is -2.69. The van der Waals surface area contributed by atoms with Crippen LogP contribution in [0.3, 0.4) is 0 Å². The normalized spacial score (nSPS) is 16.0. The van der Waals surface area contributed by atoms with Crippen molar-refractivity contribution in [1.29, 1.82) is 0 Å². The molecule has 9 nitrogen and oxygen atoms in total. The molecule has 0 spiro atoms. The number of aromatic nitrogens is 2. The van der Waals surface area contributed by atoms with Gasteiger partial charge in [0.05, 0.1) is 29.0 Å². The Hall–Kier alpha value is -4.86. The van der Waals surface area contributed by atoms with E-state index in [0.29, 0.717) is 41.1 Å². The number of nitrogens with one attached hydrogen (secondary N) is 3. The topological polar surface area (TPSA) is 114 Å². The van der Waals surface area contributed by atoms with Gasteiger partial charge in [-0.2, -0.15) is 0 Å². The van der Waals surface area contributed by atoms with E-state index in [4.69, 9.17) is 9.47 Å². The molecule has 0 bridgehead atoms. The summed E-state index contributed by atoms with van der Waals surface area (Å²) in [5.41, 5.74) is 3.73. The van der Waals surface area contributed by atoms with E-state index in [2.05, 4.69) is 25.9 Å². The Balaban J connectivity index is 1.27. The molecule has 3 N–H and O–H groups in total. The second kappa shape index (κ2) is 11.6. The van der Waals surface area contributed by atoms with Gasteiger partial charge in [-0.15, -0.1) is 0 Å². The van der Waals surface area contributed by atoms with E-state index < -0.39 is 23.5 Å². The molecule has 6 rings (SSSR count). The standard InChI is InChI=1S/C33H31N5O4/c1-33(2)41-20-25(42-33)19-36-24-15-13-21(14-16-24)28(31(39)37-26-11-3-7-22-9-5-17-34-29(22)26)32(40)38-27-12-4-8-23-10-6-18-35-30(23)27/h3-18,25,28,36H,19-20H2,1-2H3,(H,37,39)(H,38,40). The molecule has 1 aliphatic rings. The summed E-state index contributed by atoms with van der Waals surface area (Å²) < 4.78 is 11.5. The van der Waals surface area contributed by atoms with Crippen molar-refractivity contribution < 1.29 is 19.1 Å². The minimum absolute atomic E-state index is 0.0763. The number of nitrogens with zero attached hydrogens (tertiary/aromatic N) is 2. The quantitative estimate of drug-likeness (QED) is 0.208. The number of carbonyl (C=O) groups excluding carboxylic acids is 2. The van der Waals surface area contributed by atoms with E-state index >= 15 is 0 Å². The van der Waals surface area contributed by atoms with Crippen LogP contribution in [0.4, 0.5) is 17.1 Å². The largest absolute Gasteiger partial charge is 0.382 e. The maximum atomic E-state index is 13.8. The molecule has 1 saturated heterocycles. The first-order valence-electron chi connectivity index (χ1n) is 13.8. The molecule has 1 aliphatic heterocycles. The van der Waals surface area contributed by atoms with Crippen LogP contribution >= 0.6 is 0 Å². The first-order chi connectivity index (χ1) is 20.4. The molecule has 1 atom stereocenters. The van der Waals surface area contributed by atoms with E-state index in [9.17, 15) is 9.59 Å². The van der Waals surface area contributed by atoms with Crippen LogP contribution in [0.25, 0.3) is 21.8 Å². The number of para-hydroxylation sites is 2. The van der Waals surface area contributed by atoms with Gasteiger partial charge in [0, 0.05) is 35.4 Å². The molecule has 1 fully saturated rings. The maximum Gasteiger partial charge on any atom is 0.241 e. The number of hydrogen-bond acceptors (Lipinski definition) is 7. The zero-order valence-corrected chi connectivity index (χ0v) is 23.3. The van der Waals surface area contributed by atoms with E-state index in [1.54, 1.807) is 36.7 Å². The zero-order valence-electron chi connectivity index (χ0n) is 23.3. The van der Waals surface area contributed by atoms with Crippen molar-refractivity contribution in [3.63, 3.8) is 0 Å². The highest BCUT2D eigenvalue weighted by molar-refractivity contribution is 6.17. The molecule has 9 heteroatoms. The van der Waals surface area contributed by atoms with Crippen molar-refractivity contribution in [2.45, 2.75) is 31.7 Å². The SMILES string of the molecule is CC1(C)OCC(CNc2ccc(C(C(=O)Nc3cccc4cccnc34)C(=O)Nc3cccc4cccnc34)cc2)O1. The number of benzene rings is 3. The lowest BCUT2D eigenvalue weighted by Crippen LogP contribution is -2.32. The lowest BCUT2D eigenvalue weighted by atomic mass is 9.96. The van der Waals surface area contributed by atoms with Crippen LogP contribution in [-0.2, 0) is 19.1 Å². The summed E-state index contributed by atoms with van der Waals surface area (Å²) in [7, 11) is 0. The molecule has 0 radical (unpaired) electrons. The molecular formula is C33H31N5O4. The Morgan fingerprint density at radius 3 is 1.88 bits per heavy atom.